The van der Waals surface area contributed by atoms with Crippen molar-refractivity contribution < 1.29 is 9.47 Å². The molecule has 3 heteroatoms. The zero-order valence-electron chi connectivity index (χ0n) is 10.3. The maximum absolute atomic E-state index is 9.06. The summed E-state index contributed by atoms with van der Waals surface area (Å²) >= 11 is 0. The molecule has 0 heterocycles. The Morgan fingerprint density at radius 3 is 2.50 bits per heavy atom. The minimum absolute atomic E-state index is 0.485. The Balaban J connectivity index is 2.39. The maximum atomic E-state index is 9.06. The van der Waals surface area contributed by atoms with Gasteiger partial charge in [0.2, 0.25) is 0 Å². The van der Waals surface area contributed by atoms with Crippen LogP contribution in [0.4, 0.5) is 0 Å². The topological polar surface area (TPSA) is 42.2 Å². The maximum Gasteiger partial charge on any atom is 0.148 e. The summed E-state index contributed by atoms with van der Waals surface area (Å²) in [6.45, 7) is 1.96. The van der Waals surface area contributed by atoms with Gasteiger partial charge in [0.15, 0.2) is 0 Å². The van der Waals surface area contributed by atoms with Crippen LogP contribution in [0.25, 0.3) is 0 Å². The standard InChI is InChI=1S/C15H13NO2/c1-11-5-3-4-6-14(11)18-15-9-13(17-2)8-7-12(15)10-16/h3-9H,1-2H3. The van der Waals surface area contributed by atoms with Crippen molar-refractivity contribution in [3.63, 3.8) is 0 Å². The zero-order chi connectivity index (χ0) is 13.0. The second-order valence-corrected chi connectivity index (χ2v) is 3.84. The summed E-state index contributed by atoms with van der Waals surface area (Å²) in [6, 6.07) is 14.9. The van der Waals surface area contributed by atoms with Crippen LogP contribution in [0.1, 0.15) is 11.1 Å². The number of hydrogen-bond acceptors (Lipinski definition) is 3. The van der Waals surface area contributed by atoms with Crippen molar-refractivity contribution in [2.75, 3.05) is 7.11 Å². The zero-order valence-corrected chi connectivity index (χ0v) is 10.3. The van der Waals surface area contributed by atoms with E-state index in [0.717, 1.165) is 11.3 Å². The Kier molecular flexibility index (Phi) is 3.49. The molecule has 0 unspecified atom stereocenters. The molecule has 0 aliphatic rings. The Labute approximate surface area is 106 Å². The molecule has 0 aliphatic carbocycles. The van der Waals surface area contributed by atoms with Crippen LogP contribution in [0.15, 0.2) is 42.5 Å². The largest absolute Gasteiger partial charge is 0.497 e. The number of hydrogen-bond donors (Lipinski definition) is 0. The van der Waals surface area contributed by atoms with Crippen molar-refractivity contribution in [2.24, 2.45) is 0 Å². The molecule has 18 heavy (non-hydrogen) atoms. The van der Waals surface area contributed by atoms with E-state index in [9.17, 15) is 0 Å². The first-order valence-corrected chi connectivity index (χ1v) is 5.56. The highest BCUT2D eigenvalue weighted by atomic mass is 16.5. The number of methoxy groups -OCH3 is 1. The van der Waals surface area contributed by atoms with Crippen LogP contribution in [0, 0.1) is 18.3 Å². The van der Waals surface area contributed by atoms with Crippen LogP contribution in [-0.2, 0) is 0 Å². The Morgan fingerprint density at radius 2 is 1.83 bits per heavy atom. The van der Waals surface area contributed by atoms with E-state index in [1.54, 1.807) is 25.3 Å². The van der Waals surface area contributed by atoms with Gasteiger partial charge in [-0.2, -0.15) is 5.26 Å². The molecule has 0 bridgehead atoms. The molecule has 0 N–H and O–H groups in total. The van der Waals surface area contributed by atoms with Gasteiger partial charge in [-0.15, -0.1) is 0 Å². The molecule has 0 radical (unpaired) electrons. The highest BCUT2D eigenvalue weighted by Crippen LogP contribution is 2.30. The summed E-state index contributed by atoms with van der Waals surface area (Å²) in [7, 11) is 1.58. The van der Waals surface area contributed by atoms with Crippen molar-refractivity contribution in [2.45, 2.75) is 6.92 Å². The molecule has 0 saturated carbocycles. The van der Waals surface area contributed by atoms with Crippen LogP contribution in [0.5, 0.6) is 17.2 Å². The quantitative estimate of drug-likeness (QED) is 0.820. The van der Waals surface area contributed by atoms with Gasteiger partial charge >= 0.3 is 0 Å². The number of nitrogens with zero attached hydrogens (tertiary/aromatic N) is 1. The van der Waals surface area contributed by atoms with Gasteiger partial charge in [0.1, 0.15) is 23.3 Å². The molecule has 2 rings (SSSR count). The van der Waals surface area contributed by atoms with Crippen molar-refractivity contribution in [3.8, 4) is 23.3 Å². The summed E-state index contributed by atoms with van der Waals surface area (Å²) in [5.74, 6) is 1.91. The van der Waals surface area contributed by atoms with Gasteiger partial charge in [-0.3, -0.25) is 0 Å². The lowest BCUT2D eigenvalue weighted by Crippen LogP contribution is -1.92. The van der Waals surface area contributed by atoms with Gasteiger partial charge in [0.25, 0.3) is 0 Å². The Hall–Kier alpha value is -2.47. The number of ether oxygens (including phenoxy) is 2. The molecule has 0 aromatic heterocycles. The van der Waals surface area contributed by atoms with Gasteiger partial charge in [0.05, 0.1) is 12.7 Å². The summed E-state index contributed by atoms with van der Waals surface area (Å²) in [5.41, 5.74) is 1.50. The number of para-hydroxylation sites is 1. The number of aryl methyl sites for hydroxylation is 1. The molecule has 0 saturated heterocycles. The fraction of sp³-hybridized carbons (Fsp3) is 0.133. The number of nitriles is 1. The van der Waals surface area contributed by atoms with Crippen LogP contribution in [-0.4, -0.2) is 7.11 Å². The molecule has 90 valence electrons. The molecule has 0 spiro atoms. The number of benzene rings is 2. The van der Waals surface area contributed by atoms with Gasteiger partial charge in [-0.25, -0.2) is 0 Å². The smallest absolute Gasteiger partial charge is 0.148 e. The fourth-order valence-corrected chi connectivity index (χ4v) is 1.60. The van der Waals surface area contributed by atoms with Crippen LogP contribution in [0.3, 0.4) is 0 Å². The summed E-state index contributed by atoms with van der Waals surface area (Å²) < 4.78 is 10.9. The van der Waals surface area contributed by atoms with Gasteiger partial charge in [-0.1, -0.05) is 18.2 Å². The third-order valence-corrected chi connectivity index (χ3v) is 2.62. The van der Waals surface area contributed by atoms with Gasteiger partial charge in [0, 0.05) is 6.07 Å². The third-order valence-electron chi connectivity index (χ3n) is 2.62. The van der Waals surface area contributed by atoms with Crippen LogP contribution in [0.2, 0.25) is 0 Å². The van der Waals surface area contributed by atoms with Gasteiger partial charge in [-0.05, 0) is 30.7 Å². The van der Waals surface area contributed by atoms with Crippen LogP contribution < -0.4 is 9.47 Å². The molecule has 0 aliphatic heterocycles. The third kappa shape index (κ3) is 2.44. The molecule has 0 atom stereocenters. The summed E-state index contributed by atoms with van der Waals surface area (Å²) in [5, 5.41) is 9.06. The molecule has 0 fully saturated rings. The van der Waals surface area contributed by atoms with E-state index in [4.69, 9.17) is 14.7 Å². The van der Waals surface area contributed by atoms with E-state index < -0.39 is 0 Å². The van der Waals surface area contributed by atoms with E-state index in [2.05, 4.69) is 6.07 Å². The second kappa shape index (κ2) is 5.24. The Morgan fingerprint density at radius 1 is 1.06 bits per heavy atom. The highest BCUT2D eigenvalue weighted by molar-refractivity contribution is 5.50. The molecular weight excluding hydrogens is 226 g/mol. The predicted octanol–water partition coefficient (Wildman–Crippen LogP) is 3.67. The highest BCUT2D eigenvalue weighted by Gasteiger charge is 2.07. The first-order valence-electron chi connectivity index (χ1n) is 5.56. The Bertz CT molecular complexity index is 600. The first-order chi connectivity index (χ1) is 8.74. The van der Waals surface area contributed by atoms with E-state index in [-0.39, 0.29) is 0 Å². The van der Waals surface area contributed by atoms with E-state index in [1.165, 1.54) is 0 Å². The average Bonchev–Trinajstić information content (AvgIpc) is 2.41. The van der Waals surface area contributed by atoms with Crippen molar-refractivity contribution in [1.29, 1.82) is 5.26 Å². The average molecular weight is 239 g/mol. The molecule has 0 amide bonds. The minimum Gasteiger partial charge on any atom is -0.497 e. The molecular formula is C15H13NO2. The van der Waals surface area contributed by atoms with E-state index in [1.807, 2.05) is 31.2 Å². The van der Waals surface area contributed by atoms with Crippen LogP contribution >= 0.6 is 0 Å². The van der Waals surface area contributed by atoms with E-state index >= 15 is 0 Å². The molecule has 2 aromatic carbocycles. The normalized spacial score (nSPS) is 9.61. The van der Waals surface area contributed by atoms with Gasteiger partial charge < -0.3 is 9.47 Å². The number of rotatable bonds is 3. The fourth-order valence-electron chi connectivity index (χ4n) is 1.60. The molecule has 3 nitrogen and oxygen atoms in total. The van der Waals surface area contributed by atoms with Crippen molar-refractivity contribution in [3.05, 3.63) is 53.6 Å². The summed E-state index contributed by atoms with van der Waals surface area (Å²) in [4.78, 5) is 0. The van der Waals surface area contributed by atoms with E-state index in [0.29, 0.717) is 17.1 Å². The minimum atomic E-state index is 0.485. The monoisotopic (exact) mass is 239 g/mol. The van der Waals surface area contributed by atoms with Crippen molar-refractivity contribution >= 4 is 0 Å². The predicted molar refractivity (Wildman–Crippen MR) is 69.0 cm³/mol. The van der Waals surface area contributed by atoms with Crippen molar-refractivity contribution in [1.82, 2.24) is 0 Å². The lowest BCUT2D eigenvalue weighted by atomic mass is 10.2. The molecule has 2 aromatic rings. The SMILES string of the molecule is COc1ccc(C#N)c(Oc2ccccc2C)c1. The first kappa shape index (κ1) is 12.0. The lowest BCUT2D eigenvalue weighted by Gasteiger charge is -2.10. The summed E-state index contributed by atoms with van der Waals surface area (Å²) in [6.07, 6.45) is 0. The second-order valence-electron chi connectivity index (χ2n) is 3.84. The lowest BCUT2D eigenvalue weighted by molar-refractivity contribution is 0.408.